The van der Waals surface area contributed by atoms with Gasteiger partial charge in [0.1, 0.15) is 11.5 Å². The number of nitrogens with one attached hydrogen (secondary N) is 1. The van der Waals surface area contributed by atoms with E-state index >= 15 is 0 Å². The zero-order chi connectivity index (χ0) is 22.2. The van der Waals surface area contributed by atoms with Crippen LogP contribution in [0, 0.1) is 11.8 Å². The number of rotatable bonds is 8. The number of carbonyl (C=O) groups is 2. The zero-order valence-electron chi connectivity index (χ0n) is 18.5. The predicted molar refractivity (Wildman–Crippen MR) is 118 cm³/mol. The summed E-state index contributed by atoms with van der Waals surface area (Å²) in [5.74, 6) is 1.58. The summed E-state index contributed by atoms with van der Waals surface area (Å²) in [6.45, 7) is 0.436. The normalized spacial score (nSPS) is 18.2. The van der Waals surface area contributed by atoms with Crippen molar-refractivity contribution in [2.75, 3.05) is 21.3 Å². The van der Waals surface area contributed by atoms with Gasteiger partial charge in [-0.25, -0.2) is 4.79 Å². The minimum absolute atomic E-state index is 0.0287. The Balaban J connectivity index is 1.65. The van der Waals surface area contributed by atoms with Crippen molar-refractivity contribution in [3.63, 3.8) is 0 Å². The Labute approximate surface area is 183 Å². The molecule has 31 heavy (non-hydrogen) atoms. The maximum absolute atomic E-state index is 13.0. The van der Waals surface area contributed by atoms with E-state index in [9.17, 15) is 9.59 Å². The molecular weight excluding hydrogens is 394 g/mol. The second-order valence-electron chi connectivity index (χ2n) is 7.94. The molecule has 3 rings (SSSR count). The number of hydrogen-bond acceptors (Lipinski definition) is 5. The first-order valence-corrected chi connectivity index (χ1v) is 10.7. The predicted octanol–water partition coefficient (Wildman–Crippen LogP) is 4.16. The van der Waals surface area contributed by atoms with E-state index in [2.05, 4.69) is 5.32 Å². The van der Waals surface area contributed by atoms with Gasteiger partial charge in [-0.05, 0) is 66.6 Å². The highest BCUT2D eigenvalue weighted by Crippen LogP contribution is 2.36. The van der Waals surface area contributed by atoms with Crippen LogP contribution in [0.2, 0.25) is 0 Å². The number of ether oxygens (including phenoxy) is 3. The third kappa shape index (κ3) is 5.78. The Morgan fingerprint density at radius 2 is 1.71 bits per heavy atom. The smallest absolute Gasteiger partial charge is 0.337 e. The minimum atomic E-state index is -0.367. The van der Waals surface area contributed by atoms with E-state index in [1.165, 1.54) is 7.11 Å². The van der Waals surface area contributed by atoms with E-state index in [0.717, 1.165) is 54.7 Å². The molecule has 1 aliphatic rings. The number of carbonyl (C=O) groups excluding carboxylic acids is 2. The van der Waals surface area contributed by atoms with Gasteiger partial charge in [0.15, 0.2) is 0 Å². The average molecular weight is 426 g/mol. The number of methoxy groups -OCH3 is 3. The fraction of sp³-hybridized carbons (Fsp3) is 0.440. The molecule has 0 spiro atoms. The molecule has 0 aliphatic heterocycles. The highest BCUT2D eigenvalue weighted by Gasteiger charge is 2.31. The molecule has 0 heterocycles. The second-order valence-corrected chi connectivity index (χ2v) is 7.94. The lowest BCUT2D eigenvalue weighted by atomic mass is 9.75. The van der Waals surface area contributed by atoms with Gasteiger partial charge in [-0.3, -0.25) is 4.79 Å². The second kappa shape index (κ2) is 10.8. The fourth-order valence-electron chi connectivity index (χ4n) is 4.32. The quantitative estimate of drug-likeness (QED) is 0.643. The molecule has 1 fully saturated rings. The number of hydrogen-bond donors (Lipinski definition) is 1. The van der Waals surface area contributed by atoms with Crippen LogP contribution in [-0.4, -0.2) is 33.2 Å². The van der Waals surface area contributed by atoms with Crippen molar-refractivity contribution in [2.45, 2.75) is 38.6 Å². The van der Waals surface area contributed by atoms with Gasteiger partial charge in [0.2, 0.25) is 5.91 Å². The van der Waals surface area contributed by atoms with Gasteiger partial charge in [0.05, 0.1) is 26.9 Å². The van der Waals surface area contributed by atoms with Crippen LogP contribution < -0.4 is 14.8 Å². The van der Waals surface area contributed by atoms with Gasteiger partial charge in [0.25, 0.3) is 0 Å². The zero-order valence-corrected chi connectivity index (χ0v) is 18.5. The highest BCUT2D eigenvalue weighted by atomic mass is 16.5. The van der Waals surface area contributed by atoms with Crippen LogP contribution in [0.3, 0.4) is 0 Å². The number of esters is 1. The van der Waals surface area contributed by atoms with Crippen molar-refractivity contribution in [3.05, 3.63) is 59.2 Å². The first-order chi connectivity index (χ1) is 15.0. The lowest BCUT2D eigenvalue weighted by Crippen LogP contribution is -2.37. The largest absolute Gasteiger partial charge is 0.497 e. The molecule has 2 unspecified atom stereocenters. The van der Waals surface area contributed by atoms with Gasteiger partial charge in [-0.1, -0.05) is 25.0 Å². The Kier molecular flexibility index (Phi) is 7.93. The van der Waals surface area contributed by atoms with Crippen molar-refractivity contribution >= 4 is 11.9 Å². The maximum Gasteiger partial charge on any atom is 0.337 e. The summed E-state index contributed by atoms with van der Waals surface area (Å²) < 4.78 is 15.6. The molecule has 0 saturated heterocycles. The minimum Gasteiger partial charge on any atom is -0.497 e. The van der Waals surface area contributed by atoms with E-state index in [-0.39, 0.29) is 23.7 Å². The summed E-state index contributed by atoms with van der Waals surface area (Å²) >= 11 is 0. The van der Waals surface area contributed by atoms with E-state index in [1.807, 2.05) is 30.3 Å². The van der Waals surface area contributed by atoms with Crippen LogP contribution in [0.1, 0.15) is 47.2 Å². The van der Waals surface area contributed by atoms with Crippen molar-refractivity contribution < 1.29 is 23.8 Å². The first kappa shape index (κ1) is 22.7. The highest BCUT2D eigenvalue weighted by molar-refractivity contribution is 5.89. The van der Waals surface area contributed by atoms with Gasteiger partial charge in [0, 0.05) is 12.5 Å². The summed E-state index contributed by atoms with van der Waals surface area (Å²) in [6, 6.07) is 12.9. The molecular formula is C25H31NO5. The van der Waals surface area contributed by atoms with Crippen LogP contribution in [0.15, 0.2) is 42.5 Å². The summed E-state index contributed by atoms with van der Waals surface area (Å²) in [5, 5.41) is 3.09. The Hall–Kier alpha value is -3.02. The lowest BCUT2D eigenvalue weighted by Gasteiger charge is -2.31. The summed E-state index contributed by atoms with van der Waals surface area (Å²) in [6.07, 6.45) is 4.90. The Bertz CT molecular complexity index is 893. The molecule has 1 aliphatic carbocycles. The van der Waals surface area contributed by atoms with Gasteiger partial charge in [-0.15, -0.1) is 0 Å². The Morgan fingerprint density at radius 3 is 2.39 bits per heavy atom. The van der Waals surface area contributed by atoms with Crippen LogP contribution in [0.4, 0.5) is 0 Å². The van der Waals surface area contributed by atoms with E-state index in [4.69, 9.17) is 14.2 Å². The SMILES string of the molecule is COC(=O)c1ccc(CNC(=O)C2CCCCC2Cc2cc(OC)ccc2OC)cc1. The van der Waals surface area contributed by atoms with Crippen LogP contribution in [0.5, 0.6) is 11.5 Å². The van der Waals surface area contributed by atoms with E-state index in [1.54, 1.807) is 26.4 Å². The number of benzene rings is 2. The fourth-order valence-corrected chi connectivity index (χ4v) is 4.32. The third-order valence-corrected chi connectivity index (χ3v) is 6.06. The van der Waals surface area contributed by atoms with Gasteiger partial charge in [-0.2, -0.15) is 0 Å². The topological polar surface area (TPSA) is 73.9 Å². The molecule has 0 bridgehead atoms. The van der Waals surface area contributed by atoms with Crippen molar-refractivity contribution in [2.24, 2.45) is 11.8 Å². The van der Waals surface area contributed by atoms with Crippen molar-refractivity contribution in [3.8, 4) is 11.5 Å². The van der Waals surface area contributed by atoms with Gasteiger partial charge < -0.3 is 19.5 Å². The molecule has 1 N–H and O–H groups in total. The van der Waals surface area contributed by atoms with E-state index in [0.29, 0.717) is 12.1 Å². The molecule has 166 valence electrons. The maximum atomic E-state index is 13.0. The van der Waals surface area contributed by atoms with Crippen LogP contribution in [-0.2, 0) is 22.5 Å². The molecule has 6 heteroatoms. The lowest BCUT2D eigenvalue weighted by molar-refractivity contribution is -0.127. The molecule has 2 aromatic carbocycles. The van der Waals surface area contributed by atoms with Crippen molar-refractivity contribution in [1.82, 2.24) is 5.32 Å². The van der Waals surface area contributed by atoms with Crippen molar-refractivity contribution in [1.29, 1.82) is 0 Å². The summed E-state index contributed by atoms with van der Waals surface area (Å²) in [4.78, 5) is 24.6. The van der Waals surface area contributed by atoms with E-state index < -0.39 is 0 Å². The molecule has 0 aromatic heterocycles. The molecule has 2 aromatic rings. The first-order valence-electron chi connectivity index (χ1n) is 10.7. The van der Waals surface area contributed by atoms with Crippen LogP contribution >= 0.6 is 0 Å². The molecule has 1 saturated carbocycles. The summed E-state index contributed by atoms with van der Waals surface area (Å²) in [5.41, 5.74) is 2.52. The molecule has 2 atom stereocenters. The van der Waals surface area contributed by atoms with Gasteiger partial charge >= 0.3 is 5.97 Å². The summed E-state index contributed by atoms with van der Waals surface area (Å²) in [7, 11) is 4.68. The average Bonchev–Trinajstić information content (AvgIpc) is 2.82. The molecule has 0 radical (unpaired) electrons. The third-order valence-electron chi connectivity index (χ3n) is 6.06. The van der Waals surface area contributed by atoms with Crippen LogP contribution in [0.25, 0.3) is 0 Å². The standard InChI is InChI=1S/C25H31NO5/c1-29-21-12-13-23(30-2)20(15-21)14-19-6-4-5-7-22(19)24(27)26-16-17-8-10-18(11-9-17)25(28)31-3/h8-13,15,19,22H,4-7,14,16H2,1-3H3,(H,26,27). The number of amides is 1. The monoisotopic (exact) mass is 425 g/mol. The molecule has 6 nitrogen and oxygen atoms in total. The Morgan fingerprint density at radius 1 is 0.968 bits per heavy atom. The molecule has 1 amide bonds.